The van der Waals surface area contributed by atoms with E-state index in [0.717, 1.165) is 17.4 Å². The monoisotopic (exact) mass is 242 g/mol. The van der Waals surface area contributed by atoms with E-state index in [1.54, 1.807) is 12.1 Å². The van der Waals surface area contributed by atoms with Crippen LogP contribution in [-0.2, 0) is 16.6 Å². The molecule has 0 aliphatic heterocycles. The van der Waals surface area contributed by atoms with Gasteiger partial charge in [0.05, 0.1) is 5.41 Å². The first-order valence-electron chi connectivity index (χ1n) is 5.90. The van der Waals surface area contributed by atoms with Gasteiger partial charge in [-0.25, -0.2) is 4.39 Å². The summed E-state index contributed by atoms with van der Waals surface area (Å²) >= 11 is 0. The molecule has 0 spiro atoms. The standard InChI is InChI=1S/C16H15FO/c1-16(12-18,14-5-3-2-4-6-14)11-13-7-9-15(17)10-8-13/h2-10,12H,11H2,1H3. The fourth-order valence-corrected chi connectivity index (χ4v) is 2.06. The molecule has 1 unspecified atom stereocenters. The quantitative estimate of drug-likeness (QED) is 0.750. The third-order valence-corrected chi connectivity index (χ3v) is 3.18. The van der Waals surface area contributed by atoms with E-state index in [2.05, 4.69) is 0 Å². The predicted molar refractivity (Wildman–Crippen MR) is 70.0 cm³/mol. The summed E-state index contributed by atoms with van der Waals surface area (Å²) in [5.41, 5.74) is 1.36. The third-order valence-electron chi connectivity index (χ3n) is 3.18. The zero-order valence-electron chi connectivity index (χ0n) is 10.3. The Hall–Kier alpha value is -1.96. The van der Waals surface area contributed by atoms with Crippen molar-refractivity contribution in [3.8, 4) is 0 Å². The van der Waals surface area contributed by atoms with E-state index >= 15 is 0 Å². The van der Waals surface area contributed by atoms with Crippen LogP contribution >= 0.6 is 0 Å². The summed E-state index contributed by atoms with van der Waals surface area (Å²) in [6.07, 6.45) is 1.53. The predicted octanol–water partition coefficient (Wildman–Crippen LogP) is 3.53. The Morgan fingerprint density at radius 2 is 1.67 bits per heavy atom. The number of rotatable bonds is 4. The highest BCUT2D eigenvalue weighted by atomic mass is 19.1. The van der Waals surface area contributed by atoms with Crippen molar-refractivity contribution in [3.63, 3.8) is 0 Å². The van der Waals surface area contributed by atoms with Gasteiger partial charge in [-0.15, -0.1) is 0 Å². The molecule has 2 aromatic rings. The summed E-state index contributed by atoms with van der Waals surface area (Å²) in [5, 5.41) is 0. The maximum absolute atomic E-state index is 12.9. The maximum Gasteiger partial charge on any atom is 0.130 e. The Morgan fingerprint density at radius 3 is 2.22 bits per heavy atom. The van der Waals surface area contributed by atoms with Crippen molar-refractivity contribution in [2.75, 3.05) is 0 Å². The summed E-state index contributed by atoms with van der Waals surface area (Å²) in [6.45, 7) is 1.90. The van der Waals surface area contributed by atoms with Gasteiger partial charge in [-0.1, -0.05) is 42.5 Å². The zero-order valence-corrected chi connectivity index (χ0v) is 10.3. The van der Waals surface area contributed by atoms with E-state index in [4.69, 9.17) is 0 Å². The molecule has 0 amide bonds. The highest BCUT2D eigenvalue weighted by molar-refractivity contribution is 5.68. The van der Waals surface area contributed by atoms with Gasteiger partial charge in [0.15, 0.2) is 0 Å². The van der Waals surface area contributed by atoms with E-state index < -0.39 is 5.41 Å². The largest absolute Gasteiger partial charge is 0.302 e. The first-order chi connectivity index (χ1) is 8.64. The molecule has 0 fully saturated rings. The van der Waals surface area contributed by atoms with Gasteiger partial charge >= 0.3 is 0 Å². The van der Waals surface area contributed by atoms with Gasteiger partial charge < -0.3 is 4.79 Å². The van der Waals surface area contributed by atoms with E-state index in [9.17, 15) is 9.18 Å². The molecular weight excluding hydrogens is 227 g/mol. The smallest absolute Gasteiger partial charge is 0.130 e. The second-order valence-electron chi connectivity index (χ2n) is 4.70. The average Bonchev–Trinajstić information content (AvgIpc) is 2.42. The van der Waals surface area contributed by atoms with Crippen molar-refractivity contribution in [2.45, 2.75) is 18.8 Å². The van der Waals surface area contributed by atoms with Crippen LogP contribution in [0.25, 0.3) is 0 Å². The lowest BCUT2D eigenvalue weighted by molar-refractivity contribution is -0.112. The highest BCUT2D eigenvalue weighted by Gasteiger charge is 2.26. The number of benzene rings is 2. The number of carbonyl (C=O) groups is 1. The van der Waals surface area contributed by atoms with Crippen molar-refractivity contribution >= 4 is 6.29 Å². The number of hydrogen-bond donors (Lipinski definition) is 0. The van der Waals surface area contributed by atoms with Crippen molar-refractivity contribution in [2.24, 2.45) is 0 Å². The number of halogens is 1. The Balaban J connectivity index is 2.29. The van der Waals surface area contributed by atoms with Gasteiger partial charge in [0.2, 0.25) is 0 Å². The van der Waals surface area contributed by atoms with Crippen molar-refractivity contribution in [1.29, 1.82) is 0 Å². The fourth-order valence-electron chi connectivity index (χ4n) is 2.06. The van der Waals surface area contributed by atoms with E-state index in [1.807, 2.05) is 37.3 Å². The van der Waals surface area contributed by atoms with Gasteiger partial charge in [0, 0.05) is 0 Å². The van der Waals surface area contributed by atoms with Gasteiger partial charge in [0.1, 0.15) is 12.1 Å². The molecule has 18 heavy (non-hydrogen) atoms. The summed E-state index contributed by atoms with van der Waals surface area (Å²) in [4.78, 5) is 11.4. The van der Waals surface area contributed by atoms with Crippen LogP contribution < -0.4 is 0 Å². The Labute approximate surface area is 106 Å². The Bertz CT molecular complexity index is 519. The molecule has 92 valence electrons. The third kappa shape index (κ3) is 2.65. The van der Waals surface area contributed by atoms with Crippen LogP contribution in [0.1, 0.15) is 18.1 Å². The summed E-state index contributed by atoms with van der Waals surface area (Å²) in [7, 11) is 0. The molecule has 0 bridgehead atoms. The summed E-state index contributed by atoms with van der Waals surface area (Å²) < 4.78 is 12.9. The highest BCUT2D eigenvalue weighted by Crippen LogP contribution is 2.26. The van der Waals surface area contributed by atoms with Crippen molar-refractivity contribution < 1.29 is 9.18 Å². The molecule has 0 aliphatic carbocycles. The molecule has 0 N–H and O–H groups in total. The average molecular weight is 242 g/mol. The molecule has 2 heteroatoms. The molecule has 0 radical (unpaired) electrons. The van der Waals surface area contributed by atoms with Crippen LogP contribution in [0.15, 0.2) is 54.6 Å². The van der Waals surface area contributed by atoms with Crippen molar-refractivity contribution in [1.82, 2.24) is 0 Å². The molecule has 0 aliphatic rings. The number of aldehydes is 1. The molecule has 0 saturated heterocycles. The van der Waals surface area contributed by atoms with Crippen LogP contribution in [0, 0.1) is 5.82 Å². The lowest BCUT2D eigenvalue weighted by atomic mass is 9.79. The van der Waals surface area contributed by atoms with E-state index in [0.29, 0.717) is 6.42 Å². The normalized spacial score (nSPS) is 13.9. The SMILES string of the molecule is CC(C=O)(Cc1ccc(F)cc1)c1ccccc1. The number of carbonyl (C=O) groups excluding carboxylic acids is 1. The topological polar surface area (TPSA) is 17.1 Å². The zero-order chi connectivity index (χ0) is 13.0. The van der Waals surface area contributed by atoms with Crippen LogP contribution in [-0.4, -0.2) is 6.29 Å². The molecule has 2 rings (SSSR count). The van der Waals surface area contributed by atoms with Gasteiger partial charge in [-0.05, 0) is 36.6 Å². The number of hydrogen-bond acceptors (Lipinski definition) is 1. The molecule has 0 aromatic heterocycles. The second-order valence-corrected chi connectivity index (χ2v) is 4.70. The first kappa shape index (κ1) is 12.5. The lowest BCUT2D eigenvalue weighted by Gasteiger charge is -2.23. The molecule has 0 saturated carbocycles. The van der Waals surface area contributed by atoms with E-state index in [1.165, 1.54) is 12.1 Å². The first-order valence-corrected chi connectivity index (χ1v) is 5.90. The van der Waals surface area contributed by atoms with Crippen LogP contribution in [0.4, 0.5) is 4.39 Å². The minimum absolute atomic E-state index is 0.258. The molecular formula is C16H15FO. The van der Waals surface area contributed by atoms with Gasteiger partial charge in [-0.2, -0.15) is 0 Å². The van der Waals surface area contributed by atoms with Gasteiger partial charge in [-0.3, -0.25) is 0 Å². The van der Waals surface area contributed by atoms with Crippen molar-refractivity contribution in [3.05, 3.63) is 71.5 Å². The fraction of sp³-hybridized carbons (Fsp3) is 0.188. The van der Waals surface area contributed by atoms with Crippen LogP contribution in [0.5, 0.6) is 0 Å². The minimum atomic E-state index is -0.570. The molecule has 1 nitrogen and oxygen atoms in total. The Morgan fingerprint density at radius 1 is 1.06 bits per heavy atom. The molecule has 2 aromatic carbocycles. The van der Waals surface area contributed by atoms with Crippen LogP contribution in [0.2, 0.25) is 0 Å². The summed E-state index contributed by atoms with van der Waals surface area (Å²) in [6, 6.07) is 15.9. The second kappa shape index (κ2) is 5.13. The lowest BCUT2D eigenvalue weighted by Crippen LogP contribution is -2.26. The van der Waals surface area contributed by atoms with Gasteiger partial charge in [0.25, 0.3) is 0 Å². The Kier molecular flexibility index (Phi) is 3.56. The van der Waals surface area contributed by atoms with E-state index in [-0.39, 0.29) is 5.82 Å². The minimum Gasteiger partial charge on any atom is -0.302 e. The maximum atomic E-state index is 12.9. The van der Waals surface area contributed by atoms with Crippen LogP contribution in [0.3, 0.4) is 0 Å². The molecule has 0 heterocycles. The molecule has 1 atom stereocenters. The summed E-state index contributed by atoms with van der Waals surface area (Å²) in [5.74, 6) is -0.258.